The fourth-order valence-corrected chi connectivity index (χ4v) is 2.58. The van der Waals surface area contributed by atoms with E-state index in [0.29, 0.717) is 12.0 Å². The first-order valence-corrected chi connectivity index (χ1v) is 5.75. The Kier molecular flexibility index (Phi) is 2.79. The topological polar surface area (TPSA) is 38.9 Å². The van der Waals surface area contributed by atoms with Gasteiger partial charge in [0.25, 0.3) is 0 Å². The monoisotopic (exact) mass is 204 g/mol. The maximum Gasteiger partial charge on any atom is 0.0270 e. The van der Waals surface area contributed by atoms with Gasteiger partial charge in [0.15, 0.2) is 0 Å². The van der Waals surface area contributed by atoms with Gasteiger partial charge in [0.2, 0.25) is 0 Å². The molecule has 0 radical (unpaired) electrons. The molecule has 1 fully saturated rings. The van der Waals surface area contributed by atoms with Gasteiger partial charge in [-0.15, -0.1) is 0 Å². The first-order valence-electron chi connectivity index (χ1n) is 5.75. The van der Waals surface area contributed by atoms with Crippen molar-refractivity contribution in [3.8, 4) is 0 Å². The molecule has 0 aliphatic heterocycles. The highest BCUT2D eigenvalue weighted by Crippen LogP contribution is 2.42. The minimum Gasteiger partial charge on any atom is -0.327 e. The summed E-state index contributed by atoms with van der Waals surface area (Å²) >= 11 is 0. The number of nitrogens with zero attached hydrogens (tertiary/aromatic N) is 1. The molecule has 2 heteroatoms. The molecule has 0 saturated heterocycles. The average Bonchev–Trinajstić information content (AvgIpc) is 2.23. The first kappa shape index (κ1) is 10.6. The number of rotatable bonds is 1. The van der Waals surface area contributed by atoms with Crippen molar-refractivity contribution in [1.82, 2.24) is 4.98 Å². The first-order chi connectivity index (χ1) is 7.09. The van der Waals surface area contributed by atoms with Gasteiger partial charge in [0, 0.05) is 18.4 Å². The number of pyridine rings is 1. The number of nitrogens with two attached hydrogens (primary N) is 1. The molecule has 82 valence electrons. The molecule has 1 aliphatic rings. The molecule has 15 heavy (non-hydrogen) atoms. The van der Waals surface area contributed by atoms with Crippen LogP contribution in [0.1, 0.15) is 44.6 Å². The Labute approximate surface area is 91.9 Å². The predicted molar refractivity (Wildman–Crippen MR) is 62.6 cm³/mol. The zero-order chi connectivity index (χ0) is 10.9. The second kappa shape index (κ2) is 3.93. The third-order valence-electron chi connectivity index (χ3n) is 3.78. The largest absolute Gasteiger partial charge is 0.327 e. The van der Waals surface area contributed by atoms with Crippen LogP contribution in [0, 0.1) is 5.41 Å². The average molecular weight is 204 g/mol. The van der Waals surface area contributed by atoms with Crippen molar-refractivity contribution in [3.05, 3.63) is 30.1 Å². The van der Waals surface area contributed by atoms with Crippen LogP contribution in [0.4, 0.5) is 0 Å². The molecule has 2 nitrogen and oxygen atoms in total. The summed E-state index contributed by atoms with van der Waals surface area (Å²) in [6, 6.07) is 4.63. The Morgan fingerprint density at radius 3 is 2.53 bits per heavy atom. The van der Waals surface area contributed by atoms with Gasteiger partial charge in [-0.2, -0.15) is 0 Å². The van der Waals surface area contributed by atoms with Gasteiger partial charge in [0.1, 0.15) is 0 Å². The van der Waals surface area contributed by atoms with Crippen molar-refractivity contribution in [1.29, 1.82) is 0 Å². The Bertz CT molecular complexity index is 319. The molecule has 2 atom stereocenters. The lowest BCUT2D eigenvalue weighted by atomic mass is 9.67. The van der Waals surface area contributed by atoms with Crippen LogP contribution in [-0.4, -0.2) is 11.0 Å². The number of hydrogen-bond acceptors (Lipinski definition) is 2. The third-order valence-corrected chi connectivity index (χ3v) is 3.78. The summed E-state index contributed by atoms with van der Waals surface area (Å²) < 4.78 is 0. The van der Waals surface area contributed by atoms with Crippen LogP contribution in [-0.2, 0) is 0 Å². The Hall–Kier alpha value is -0.890. The maximum atomic E-state index is 6.14. The van der Waals surface area contributed by atoms with E-state index in [9.17, 15) is 0 Å². The smallest absolute Gasteiger partial charge is 0.0270 e. The Morgan fingerprint density at radius 2 is 1.93 bits per heavy atom. The molecule has 0 spiro atoms. The highest BCUT2D eigenvalue weighted by atomic mass is 14.7. The summed E-state index contributed by atoms with van der Waals surface area (Å²) in [6.07, 6.45) is 7.32. The molecular weight excluding hydrogens is 184 g/mol. The van der Waals surface area contributed by atoms with Gasteiger partial charge >= 0.3 is 0 Å². The van der Waals surface area contributed by atoms with Gasteiger partial charge in [-0.3, -0.25) is 4.98 Å². The molecule has 2 unspecified atom stereocenters. The van der Waals surface area contributed by atoms with E-state index in [-0.39, 0.29) is 5.41 Å². The molecule has 1 saturated carbocycles. The highest BCUT2D eigenvalue weighted by Gasteiger charge is 2.34. The molecule has 0 aromatic carbocycles. The van der Waals surface area contributed by atoms with E-state index in [4.69, 9.17) is 5.73 Å². The van der Waals surface area contributed by atoms with Gasteiger partial charge in [-0.25, -0.2) is 0 Å². The normalized spacial score (nSPS) is 30.1. The number of aromatic nitrogens is 1. The predicted octanol–water partition coefficient (Wildman–Crippen LogP) is 2.70. The van der Waals surface area contributed by atoms with Crippen LogP contribution >= 0.6 is 0 Å². The molecule has 2 N–H and O–H groups in total. The quantitative estimate of drug-likeness (QED) is 0.764. The molecule has 0 bridgehead atoms. The lowest BCUT2D eigenvalue weighted by molar-refractivity contribution is 0.181. The molecule has 1 aromatic rings. The van der Waals surface area contributed by atoms with Crippen LogP contribution in [0.25, 0.3) is 0 Å². The highest BCUT2D eigenvalue weighted by molar-refractivity contribution is 5.17. The van der Waals surface area contributed by atoms with E-state index in [1.54, 1.807) is 0 Å². The van der Waals surface area contributed by atoms with Gasteiger partial charge in [0.05, 0.1) is 0 Å². The summed E-state index contributed by atoms with van der Waals surface area (Å²) in [5.74, 6) is 0.669. The minimum atomic E-state index is 0.270. The number of hydrogen-bond donors (Lipinski definition) is 1. The lowest BCUT2D eigenvalue weighted by Gasteiger charge is -2.40. The second-order valence-corrected chi connectivity index (χ2v) is 5.35. The van der Waals surface area contributed by atoms with E-state index in [1.165, 1.54) is 18.4 Å². The van der Waals surface area contributed by atoms with Gasteiger partial charge < -0.3 is 5.73 Å². The van der Waals surface area contributed by atoms with Crippen molar-refractivity contribution >= 4 is 0 Å². The Balaban J connectivity index is 2.14. The van der Waals surface area contributed by atoms with Crippen molar-refractivity contribution in [2.75, 3.05) is 0 Å². The van der Waals surface area contributed by atoms with E-state index >= 15 is 0 Å². The summed E-state index contributed by atoms with van der Waals surface area (Å²) in [7, 11) is 0. The van der Waals surface area contributed by atoms with Crippen LogP contribution in [0.5, 0.6) is 0 Å². The molecule has 1 aromatic heterocycles. The van der Waals surface area contributed by atoms with E-state index in [2.05, 4.69) is 31.0 Å². The zero-order valence-electron chi connectivity index (χ0n) is 9.61. The lowest BCUT2D eigenvalue weighted by Crippen LogP contribution is -2.42. The SMILES string of the molecule is CC1(C)CC(c2ccncc2)CCC1N. The van der Waals surface area contributed by atoms with Gasteiger partial charge in [-0.1, -0.05) is 13.8 Å². The minimum absolute atomic E-state index is 0.270. The van der Waals surface area contributed by atoms with Crippen LogP contribution in [0.15, 0.2) is 24.5 Å². The summed E-state index contributed by atoms with van der Waals surface area (Å²) in [5, 5.41) is 0. The van der Waals surface area contributed by atoms with Crippen molar-refractivity contribution in [2.24, 2.45) is 11.1 Å². The van der Waals surface area contributed by atoms with Crippen LogP contribution < -0.4 is 5.73 Å². The standard InChI is InChI=1S/C13H20N2/c1-13(2)9-11(3-4-12(13)14)10-5-7-15-8-6-10/h5-8,11-12H,3-4,9,14H2,1-2H3. The van der Waals surface area contributed by atoms with Crippen LogP contribution in [0.2, 0.25) is 0 Å². The van der Waals surface area contributed by atoms with Crippen molar-refractivity contribution in [2.45, 2.75) is 45.1 Å². The summed E-state index contributed by atoms with van der Waals surface area (Å²) in [4.78, 5) is 4.07. The van der Waals surface area contributed by atoms with Crippen molar-refractivity contribution < 1.29 is 0 Å². The van der Waals surface area contributed by atoms with E-state index in [1.807, 2.05) is 12.4 Å². The summed E-state index contributed by atoms with van der Waals surface area (Å²) in [6.45, 7) is 4.57. The van der Waals surface area contributed by atoms with E-state index in [0.717, 1.165) is 6.42 Å². The molecule has 0 amide bonds. The Morgan fingerprint density at radius 1 is 1.27 bits per heavy atom. The summed E-state index contributed by atoms with van der Waals surface area (Å²) in [5.41, 5.74) is 7.83. The molecule has 1 aliphatic carbocycles. The van der Waals surface area contributed by atoms with Crippen molar-refractivity contribution in [3.63, 3.8) is 0 Å². The molecular formula is C13H20N2. The second-order valence-electron chi connectivity index (χ2n) is 5.35. The molecule has 2 rings (SSSR count). The van der Waals surface area contributed by atoms with Gasteiger partial charge in [-0.05, 0) is 48.3 Å². The zero-order valence-corrected chi connectivity index (χ0v) is 9.61. The molecule has 1 heterocycles. The van der Waals surface area contributed by atoms with E-state index < -0.39 is 0 Å². The fraction of sp³-hybridized carbons (Fsp3) is 0.615. The fourth-order valence-electron chi connectivity index (χ4n) is 2.58. The third kappa shape index (κ3) is 2.20. The maximum absolute atomic E-state index is 6.14. The van der Waals surface area contributed by atoms with Crippen LogP contribution in [0.3, 0.4) is 0 Å².